The van der Waals surface area contributed by atoms with E-state index in [2.05, 4.69) is 9.97 Å². The molecular formula is C53H46F4N4O3. The number of carbonyl (C=O) groups is 1. The van der Waals surface area contributed by atoms with Gasteiger partial charge in [0.2, 0.25) is 5.78 Å². The zero-order valence-electron chi connectivity index (χ0n) is 35.1. The average molecular weight is 863 g/mol. The van der Waals surface area contributed by atoms with Crippen LogP contribution in [-0.4, -0.2) is 52.1 Å². The van der Waals surface area contributed by atoms with Gasteiger partial charge in [0.1, 0.15) is 34.7 Å². The van der Waals surface area contributed by atoms with Crippen molar-refractivity contribution in [1.82, 2.24) is 9.97 Å². The monoisotopic (exact) mass is 862 g/mol. The number of benzene rings is 4. The zero-order chi connectivity index (χ0) is 43.6. The molecule has 2 aliphatic heterocycles. The molecule has 12 rings (SSSR count). The topological polar surface area (TPSA) is 89.8 Å². The molecule has 0 bridgehead atoms. The Bertz CT molecular complexity index is 2740. The Morgan fingerprint density at radius 2 is 0.984 bits per heavy atom. The Morgan fingerprint density at radius 1 is 0.547 bits per heavy atom. The van der Waals surface area contributed by atoms with Crippen LogP contribution < -0.4 is 9.80 Å². The summed E-state index contributed by atoms with van der Waals surface area (Å²) in [7, 11) is 0. The Balaban J connectivity index is 0.830. The highest BCUT2D eigenvalue weighted by molar-refractivity contribution is 6.13. The number of ketones is 1. The number of pyridine rings is 2. The molecule has 4 fully saturated rings. The lowest BCUT2D eigenvalue weighted by Crippen LogP contribution is -2.31. The van der Waals surface area contributed by atoms with Crippen molar-refractivity contribution < 1.29 is 32.6 Å². The summed E-state index contributed by atoms with van der Waals surface area (Å²) in [4.78, 5) is 27.4. The first-order valence-electron chi connectivity index (χ1n) is 22.6. The van der Waals surface area contributed by atoms with Gasteiger partial charge in [-0.05, 0) is 155 Å². The quantitative estimate of drug-likeness (QED) is 0.116. The number of nitrogens with zero attached hydrogens (tertiary/aromatic N) is 4. The minimum absolute atomic E-state index is 0.00220. The molecule has 2 spiro atoms. The number of carbonyl (C=O) groups excluding carboxylic acids is 1. The van der Waals surface area contributed by atoms with Gasteiger partial charge in [-0.2, -0.15) is 0 Å². The van der Waals surface area contributed by atoms with E-state index in [-0.39, 0.29) is 23.0 Å². The van der Waals surface area contributed by atoms with Crippen molar-refractivity contribution in [1.29, 1.82) is 0 Å². The molecule has 64 heavy (non-hydrogen) atoms. The Morgan fingerprint density at radius 3 is 1.41 bits per heavy atom. The summed E-state index contributed by atoms with van der Waals surface area (Å²) < 4.78 is 59.4. The molecule has 4 unspecified atom stereocenters. The Labute approximate surface area is 368 Å². The number of aliphatic hydroxyl groups is 2. The smallest absolute Gasteiger partial charge is 0.233 e. The van der Waals surface area contributed by atoms with Crippen molar-refractivity contribution in [2.24, 2.45) is 0 Å². The second-order valence-electron chi connectivity index (χ2n) is 19.3. The van der Waals surface area contributed by atoms with Crippen LogP contribution in [0.15, 0.2) is 97.3 Å². The zero-order valence-corrected chi connectivity index (χ0v) is 35.1. The van der Waals surface area contributed by atoms with Crippen LogP contribution >= 0.6 is 0 Å². The van der Waals surface area contributed by atoms with Crippen LogP contribution in [0.25, 0.3) is 22.3 Å². The van der Waals surface area contributed by atoms with Gasteiger partial charge < -0.3 is 20.0 Å². The molecule has 6 aliphatic rings. The molecule has 6 aromatic rings. The van der Waals surface area contributed by atoms with Crippen LogP contribution in [0.5, 0.6) is 0 Å². The summed E-state index contributed by atoms with van der Waals surface area (Å²) in [6.45, 7) is 1.74. The van der Waals surface area contributed by atoms with Gasteiger partial charge in [-0.15, -0.1) is 0 Å². The van der Waals surface area contributed by atoms with Crippen LogP contribution in [0.2, 0.25) is 0 Å². The van der Waals surface area contributed by atoms with Gasteiger partial charge in [-0.1, -0.05) is 36.4 Å². The lowest BCUT2D eigenvalue weighted by Gasteiger charge is -2.28. The van der Waals surface area contributed by atoms with Crippen LogP contribution in [0, 0.1) is 23.3 Å². The van der Waals surface area contributed by atoms with Gasteiger partial charge in [-0.25, -0.2) is 27.5 Å². The summed E-state index contributed by atoms with van der Waals surface area (Å²) in [6.07, 6.45) is 6.99. The Kier molecular flexibility index (Phi) is 9.02. The fourth-order valence-electron chi connectivity index (χ4n) is 11.9. The minimum atomic E-state index is -0.752. The van der Waals surface area contributed by atoms with Gasteiger partial charge in [-0.3, -0.25) is 4.79 Å². The number of fused-ring (bicyclic) bond motifs is 4. The van der Waals surface area contributed by atoms with E-state index in [4.69, 9.17) is 0 Å². The van der Waals surface area contributed by atoms with E-state index in [0.29, 0.717) is 75.1 Å². The molecule has 2 aromatic heterocycles. The van der Waals surface area contributed by atoms with Crippen molar-refractivity contribution in [3.63, 3.8) is 0 Å². The number of anilines is 2. The third-order valence-electron chi connectivity index (χ3n) is 15.3. The number of hydrogen-bond acceptors (Lipinski definition) is 7. The SMILES string of the molecule is O=C(c1ncc(F)cc1N1CCC2(CC(O)c3cc(-c4cc(F)ccc4C4CC4)ccc32)C1)c1ncc(F)cc1N1CCC2(CC(O)c3cc(-c4cc(F)ccc4C4CC4)ccc32)C1. The van der Waals surface area contributed by atoms with Crippen molar-refractivity contribution in [3.05, 3.63) is 165 Å². The van der Waals surface area contributed by atoms with Gasteiger partial charge in [0.15, 0.2) is 0 Å². The predicted octanol–water partition coefficient (Wildman–Crippen LogP) is 10.5. The first-order chi connectivity index (χ1) is 31.0. The molecule has 324 valence electrons. The van der Waals surface area contributed by atoms with Gasteiger partial charge in [0.25, 0.3) is 0 Å². The maximum absolute atomic E-state index is 15.2. The molecule has 4 atom stereocenters. The predicted molar refractivity (Wildman–Crippen MR) is 236 cm³/mol. The highest BCUT2D eigenvalue weighted by atomic mass is 19.1. The highest BCUT2D eigenvalue weighted by Crippen LogP contribution is 2.55. The Hall–Kier alpha value is -5.91. The molecule has 0 radical (unpaired) electrons. The minimum Gasteiger partial charge on any atom is -0.388 e. The van der Waals surface area contributed by atoms with E-state index in [1.807, 2.05) is 58.3 Å². The van der Waals surface area contributed by atoms with Crippen LogP contribution in [0.4, 0.5) is 28.9 Å². The summed E-state index contributed by atoms with van der Waals surface area (Å²) >= 11 is 0. The molecule has 2 saturated carbocycles. The molecule has 2 saturated heterocycles. The first-order valence-corrected chi connectivity index (χ1v) is 22.6. The number of halogens is 4. The summed E-state index contributed by atoms with van der Waals surface area (Å²) in [6, 6.07) is 24.6. The van der Waals surface area contributed by atoms with E-state index in [0.717, 1.165) is 93.7 Å². The van der Waals surface area contributed by atoms with Crippen LogP contribution in [-0.2, 0) is 10.8 Å². The van der Waals surface area contributed by atoms with Crippen LogP contribution in [0.3, 0.4) is 0 Å². The molecule has 4 aliphatic carbocycles. The summed E-state index contributed by atoms with van der Waals surface area (Å²) in [5, 5.41) is 23.1. The molecule has 7 nitrogen and oxygen atoms in total. The normalized spacial score (nSPS) is 24.6. The molecule has 4 aromatic carbocycles. The molecular weight excluding hydrogens is 817 g/mol. The van der Waals surface area contributed by atoms with E-state index in [1.54, 1.807) is 12.1 Å². The molecule has 2 N–H and O–H groups in total. The fraction of sp³-hybridized carbons (Fsp3) is 0.340. The average Bonchev–Trinajstić information content (AvgIpc) is 4.20. The largest absolute Gasteiger partial charge is 0.388 e. The van der Waals surface area contributed by atoms with Gasteiger partial charge >= 0.3 is 0 Å². The van der Waals surface area contributed by atoms with Crippen molar-refractivity contribution in [2.45, 2.75) is 86.2 Å². The number of aromatic nitrogens is 2. The van der Waals surface area contributed by atoms with E-state index < -0.39 is 40.5 Å². The second-order valence-corrected chi connectivity index (χ2v) is 19.3. The van der Waals surface area contributed by atoms with Crippen LogP contribution in [0.1, 0.15) is 125 Å². The second kappa shape index (κ2) is 14.6. The maximum atomic E-state index is 15.2. The van der Waals surface area contributed by atoms with Crippen molar-refractivity contribution in [2.75, 3.05) is 36.0 Å². The van der Waals surface area contributed by atoms with E-state index in [1.165, 1.54) is 24.3 Å². The fourth-order valence-corrected chi connectivity index (χ4v) is 11.9. The van der Waals surface area contributed by atoms with E-state index >= 15 is 8.78 Å². The summed E-state index contributed by atoms with van der Waals surface area (Å²) in [5.41, 5.74) is 8.89. The lowest BCUT2D eigenvalue weighted by molar-refractivity contribution is 0.103. The summed E-state index contributed by atoms with van der Waals surface area (Å²) in [5.74, 6) is -1.56. The standard InChI is InChI=1S/C53H46F4N4O3/c54-33-7-9-37(29-1-2-29)39(19-33)31-5-11-43-41(17-31)47(62)23-52(43)13-15-60(27-52)45-21-35(56)25-58-49(45)51(64)50-46(22-36(57)26-59-50)61-16-14-53(28-61)24-48(63)42-18-32(6-12-44(42)53)40-20-34(55)8-10-38(40)30-3-4-30/h5-12,17-22,25-26,29-30,47-48,62-63H,1-4,13-16,23-24,27-28H2. The lowest BCUT2D eigenvalue weighted by atomic mass is 9.80. The number of aliphatic hydroxyl groups excluding tert-OH is 2. The highest BCUT2D eigenvalue weighted by Gasteiger charge is 2.50. The molecule has 11 heteroatoms. The first kappa shape index (κ1) is 39.7. The maximum Gasteiger partial charge on any atom is 0.233 e. The number of rotatable bonds is 8. The van der Waals surface area contributed by atoms with Crippen molar-refractivity contribution >= 4 is 17.2 Å². The third-order valence-corrected chi connectivity index (χ3v) is 15.3. The molecule has 0 amide bonds. The van der Waals surface area contributed by atoms with Gasteiger partial charge in [0.05, 0.1) is 36.0 Å². The van der Waals surface area contributed by atoms with Crippen molar-refractivity contribution in [3.8, 4) is 22.3 Å². The molecule has 4 heterocycles. The van der Waals surface area contributed by atoms with Gasteiger partial charge in [0, 0.05) is 49.1 Å². The third kappa shape index (κ3) is 6.48. The number of hydrogen-bond donors (Lipinski definition) is 2. The van der Waals surface area contributed by atoms with E-state index in [9.17, 15) is 23.8 Å².